The zero-order chi connectivity index (χ0) is 15.1. The summed E-state index contributed by atoms with van der Waals surface area (Å²) in [5.74, 6) is 0.0378. The molecule has 1 heterocycles. The first-order chi connectivity index (χ1) is 10.2. The van der Waals surface area contributed by atoms with Gasteiger partial charge < -0.3 is 15.2 Å². The van der Waals surface area contributed by atoms with E-state index in [1.54, 1.807) is 0 Å². The van der Waals surface area contributed by atoms with Gasteiger partial charge in [0.25, 0.3) is 0 Å². The Balaban J connectivity index is 1.84. The van der Waals surface area contributed by atoms with Crippen LogP contribution in [-0.2, 0) is 14.3 Å². The molecule has 21 heavy (non-hydrogen) atoms. The topological polar surface area (TPSA) is 90.7 Å². The highest BCUT2D eigenvalue weighted by molar-refractivity contribution is 6.00. The van der Waals surface area contributed by atoms with Crippen LogP contribution in [-0.4, -0.2) is 38.2 Å². The van der Waals surface area contributed by atoms with Crippen LogP contribution in [0.15, 0.2) is 24.3 Å². The molecule has 1 aliphatic heterocycles. The smallest absolute Gasteiger partial charge is 0.234 e. The second kappa shape index (κ2) is 7.75. The molecule has 0 aromatic heterocycles. The number of amides is 2. The fraction of sp³-hybridized carbons (Fsp3) is 0.467. The summed E-state index contributed by atoms with van der Waals surface area (Å²) in [5, 5.41) is 2.36. The SMILES string of the molecule is NCCOCCOc1ccc([C@H]2CCC(=O)NC2=O)cc1. The molecule has 1 aromatic rings. The van der Waals surface area contributed by atoms with Gasteiger partial charge in [-0.25, -0.2) is 0 Å². The van der Waals surface area contributed by atoms with Gasteiger partial charge in [0.15, 0.2) is 0 Å². The van der Waals surface area contributed by atoms with Gasteiger partial charge in [0.2, 0.25) is 11.8 Å². The highest BCUT2D eigenvalue weighted by atomic mass is 16.5. The molecule has 0 radical (unpaired) electrons. The van der Waals surface area contributed by atoms with E-state index in [9.17, 15) is 9.59 Å². The highest BCUT2D eigenvalue weighted by Gasteiger charge is 2.27. The summed E-state index contributed by atoms with van der Waals surface area (Å²) in [5.41, 5.74) is 6.20. The number of hydrogen-bond acceptors (Lipinski definition) is 5. The molecule has 114 valence electrons. The number of nitrogens with one attached hydrogen (secondary N) is 1. The van der Waals surface area contributed by atoms with Crippen LogP contribution < -0.4 is 15.8 Å². The van der Waals surface area contributed by atoms with E-state index in [0.29, 0.717) is 39.2 Å². The molecule has 0 unspecified atom stereocenters. The fourth-order valence-corrected chi connectivity index (χ4v) is 2.21. The predicted octanol–water partition coefficient (Wildman–Crippen LogP) is 0.561. The number of benzene rings is 1. The Labute approximate surface area is 123 Å². The number of carbonyl (C=O) groups is 2. The zero-order valence-corrected chi connectivity index (χ0v) is 11.8. The Morgan fingerprint density at radius 1 is 1.14 bits per heavy atom. The molecule has 2 rings (SSSR count). The standard InChI is InChI=1S/C15H20N2O4/c16-7-8-20-9-10-21-12-3-1-11(2-4-12)13-5-6-14(18)17-15(13)19/h1-4,13H,5-10,16H2,(H,17,18,19)/t13-/m1/s1. The van der Waals surface area contributed by atoms with Crippen molar-refractivity contribution < 1.29 is 19.1 Å². The van der Waals surface area contributed by atoms with Gasteiger partial charge in [-0.2, -0.15) is 0 Å². The lowest BCUT2D eigenvalue weighted by molar-refractivity contribution is -0.134. The van der Waals surface area contributed by atoms with Crippen LogP contribution in [0.2, 0.25) is 0 Å². The third-order valence-corrected chi connectivity index (χ3v) is 3.28. The number of piperidine rings is 1. The summed E-state index contributed by atoms with van der Waals surface area (Å²) >= 11 is 0. The van der Waals surface area contributed by atoms with Crippen LogP contribution in [0.25, 0.3) is 0 Å². The molecule has 0 saturated carbocycles. The van der Waals surface area contributed by atoms with Crippen molar-refractivity contribution in [3.05, 3.63) is 29.8 Å². The fourth-order valence-electron chi connectivity index (χ4n) is 2.21. The molecule has 1 aliphatic rings. The van der Waals surface area contributed by atoms with Crippen LogP contribution in [0, 0.1) is 0 Å². The first-order valence-electron chi connectivity index (χ1n) is 7.05. The lowest BCUT2D eigenvalue weighted by atomic mass is 9.90. The molecule has 6 nitrogen and oxygen atoms in total. The number of nitrogens with two attached hydrogens (primary N) is 1. The van der Waals surface area contributed by atoms with Crippen LogP contribution >= 0.6 is 0 Å². The van der Waals surface area contributed by atoms with E-state index < -0.39 is 0 Å². The maximum atomic E-state index is 11.8. The zero-order valence-electron chi connectivity index (χ0n) is 11.8. The summed E-state index contributed by atoms with van der Waals surface area (Å²) in [6.45, 7) is 1.97. The third kappa shape index (κ3) is 4.54. The molecule has 1 saturated heterocycles. The van der Waals surface area contributed by atoms with Crippen LogP contribution in [0.4, 0.5) is 0 Å². The van der Waals surface area contributed by atoms with Crippen LogP contribution in [0.3, 0.4) is 0 Å². The minimum absolute atomic E-state index is 0.200. The largest absolute Gasteiger partial charge is 0.491 e. The van der Waals surface area contributed by atoms with E-state index in [0.717, 1.165) is 11.3 Å². The summed E-state index contributed by atoms with van der Waals surface area (Å²) in [7, 11) is 0. The quantitative estimate of drug-likeness (QED) is 0.566. The second-order valence-electron chi connectivity index (χ2n) is 4.82. The molecule has 1 aromatic carbocycles. The molecule has 0 aliphatic carbocycles. The molecule has 1 atom stereocenters. The number of carbonyl (C=O) groups excluding carboxylic acids is 2. The summed E-state index contributed by atoms with van der Waals surface area (Å²) in [6.07, 6.45) is 0.935. The molecule has 0 spiro atoms. The van der Waals surface area contributed by atoms with Gasteiger partial charge in [-0.15, -0.1) is 0 Å². The van der Waals surface area contributed by atoms with Crippen molar-refractivity contribution >= 4 is 11.8 Å². The maximum Gasteiger partial charge on any atom is 0.234 e. The summed E-state index contributed by atoms with van der Waals surface area (Å²) < 4.78 is 10.7. The predicted molar refractivity (Wildman–Crippen MR) is 76.9 cm³/mol. The highest BCUT2D eigenvalue weighted by Crippen LogP contribution is 2.26. The average molecular weight is 292 g/mol. The van der Waals surface area contributed by atoms with Gasteiger partial charge in [-0.3, -0.25) is 14.9 Å². The van der Waals surface area contributed by atoms with Gasteiger partial charge in [0, 0.05) is 13.0 Å². The van der Waals surface area contributed by atoms with E-state index >= 15 is 0 Å². The first kappa shape index (κ1) is 15.5. The molecule has 1 fully saturated rings. The maximum absolute atomic E-state index is 11.8. The van der Waals surface area contributed by atoms with E-state index in [4.69, 9.17) is 15.2 Å². The lowest BCUT2D eigenvalue weighted by Gasteiger charge is -2.21. The normalized spacial score (nSPS) is 18.4. The van der Waals surface area contributed by atoms with Crippen molar-refractivity contribution in [2.24, 2.45) is 5.73 Å². The van der Waals surface area contributed by atoms with Gasteiger partial charge in [0.1, 0.15) is 12.4 Å². The van der Waals surface area contributed by atoms with Crippen molar-refractivity contribution in [3.8, 4) is 5.75 Å². The average Bonchev–Trinajstić information content (AvgIpc) is 2.48. The Morgan fingerprint density at radius 3 is 2.57 bits per heavy atom. The Hall–Kier alpha value is -1.92. The third-order valence-electron chi connectivity index (χ3n) is 3.28. The van der Waals surface area contributed by atoms with E-state index in [2.05, 4.69) is 5.32 Å². The van der Waals surface area contributed by atoms with Crippen molar-refractivity contribution in [2.75, 3.05) is 26.4 Å². The molecule has 6 heteroatoms. The van der Waals surface area contributed by atoms with Gasteiger partial charge >= 0.3 is 0 Å². The molecule has 3 N–H and O–H groups in total. The van der Waals surface area contributed by atoms with E-state index in [1.165, 1.54) is 0 Å². The van der Waals surface area contributed by atoms with Gasteiger partial charge in [-0.1, -0.05) is 12.1 Å². The van der Waals surface area contributed by atoms with E-state index in [-0.39, 0.29) is 17.7 Å². The van der Waals surface area contributed by atoms with Crippen molar-refractivity contribution in [1.29, 1.82) is 0 Å². The molecular weight excluding hydrogens is 272 g/mol. The number of ether oxygens (including phenoxy) is 2. The van der Waals surface area contributed by atoms with Crippen molar-refractivity contribution in [3.63, 3.8) is 0 Å². The molecule has 0 bridgehead atoms. The van der Waals surface area contributed by atoms with Gasteiger partial charge in [-0.05, 0) is 24.1 Å². The van der Waals surface area contributed by atoms with Crippen LogP contribution in [0.5, 0.6) is 5.75 Å². The van der Waals surface area contributed by atoms with Crippen molar-refractivity contribution in [2.45, 2.75) is 18.8 Å². The van der Waals surface area contributed by atoms with Crippen molar-refractivity contribution in [1.82, 2.24) is 5.32 Å². The summed E-state index contributed by atoms with van der Waals surface area (Å²) in [6, 6.07) is 7.36. The summed E-state index contributed by atoms with van der Waals surface area (Å²) in [4.78, 5) is 22.9. The Morgan fingerprint density at radius 2 is 1.90 bits per heavy atom. The Kier molecular flexibility index (Phi) is 5.71. The minimum Gasteiger partial charge on any atom is -0.491 e. The Bertz CT molecular complexity index is 487. The van der Waals surface area contributed by atoms with Gasteiger partial charge in [0.05, 0.1) is 19.1 Å². The number of hydrogen-bond donors (Lipinski definition) is 2. The second-order valence-corrected chi connectivity index (χ2v) is 4.82. The molecular formula is C15H20N2O4. The van der Waals surface area contributed by atoms with E-state index in [1.807, 2.05) is 24.3 Å². The lowest BCUT2D eigenvalue weighted by Crippen LogP contribution is -2.39. The first-order valence-corrected chi connectivity index (χ1v) is 7.05. The monoisotopic (exact) mass is 292 g/mol. The minimum atomic E-state index is -0.260. The number of imide groups is 1. The van der Waals surface area contributed by atoms with Crippen LogP contribution in [0.1, 0.15) is 24.3 Å². The molecule has 2 amide bonds. The number of rotatable bonds is 7.